The summed E-state index contributed by atoms with van der Waals surface area (Å²) in [6.07, 6.45) is 2.95. The van der Waals surface area contributed by atoms with E-state index in [1.165, 1.54) is 0 Å². The molecule has 27 heavy (non-hydrogen) atoms. The minimum absolute atomic E-state index is 0.119. The molecular formula is C21H18N4OS. The topological polar surface area (TPSA) is 59.8 Å². The van der Waals surface area contributed by atoms with Gasteiger partial charge in [-0.05, 0) is 50.5 Å². The fourth-order valence-electron chi connectivity index (χ4n) is 3.49. The average Bonchev–Trinajstić information content (AvgIpc) is 3.37. The van der Waals surface area contributed by atoms with Crippen LogP contribution in [0.3, 0.4) is 0 Å². The van der Waals surface area contributed by atoms with Gasteiger partial charge in [0, 0.05) is 11.1 Å². The molecule has 1 aliphatic carbocycles. The third-order valence-corrected chi connectivity index (χ3v) is 5.93. The number of aryl methyl sites for hydroxylation is 2. The Morgan fingerprint density at radius 2 is 1.93 bits per heavy atom. The van der Waals surface area contributed by atoms with Crippen LogP contribution < -0.4 is 5.32 Å². The monoisotopic (exact) mass is 374 g/mol. The van der Waals surface area contributed by atoms with Crippen molar-refractivity contribution in [3.8, 4) is 5.13 Å². The number of amides is 1. The summed E-state index contributed by atoms with van der Waals surface area (Å²) in [5.74, 6) is 0.638. The summed E-state index contributed by atoms with van der Waals surface area (Å²) in [5.41, 5.74) is 4.92. The van der Waals surface area contributed by atoms with E-state index in [9.17, 15) is 4.79 Å². The van der Waals surface area contributed by atoms with Crippen LogP contribution in [-0.2, 0) is 12.8 Å². The number of rotatable bonds is 3. The molecule has 134 valence electrons. The molecule has 1 aliphatic rings. The van der Waals surface area contributed by atoms with E-state index in [1.807, 2.05) is 49.4 Å². The summed E-state index contributed by atoms with van der Waals surface area (Å²) in [4.78, 5) is 17.5. The van der Waals surface area contributed by atoms with Gasteiger partial charge in [0.25, 0.3) is 5.91 Å². The molecule has 4 aromatic rings. The van der Waals surface area contributed by atoms with Crippen LogP contribution in [0.1, 0.15) is 33.6 Å². The number of thiazole rings is 1. The van der Waals surface area contributed by atoms with Gasteiger partial charge < -0.3 is 5.32 Å². The largest absolute Gasteiger partial charge is 0.306 e. The first-order chi connectivity index (χ1) is 13.2. The van der Waals surface area contributed by atoms with Crippen LogP contribution in [0.5, 0.6) is 0 Å². The van der Waals surface area contributed by atoms with Gasteiger partial charge in [0.15, 0.2) is 0 Å². The number of anilines is 1. The number of hydrogen-bond acceptors (Lipinski definition) is 4. The molecule has 1 N–H and O–H groups in total. The number of aromatic nitrogens is 3. The zero-order chi connectivity index (χ0) is 18.4. The third-order valence-electron chi connectivity index (χ3n) is 4.92. The van der Waals surface area contributed by atoms with E-state index >= 15 is 0 Å². The molecule has 2 aromatic carbocycles. The predicted octanol–water partition coefficient (Wildman–Crippen LogP) is 4.53. The molecule has 1 amide bonds. The Bertz CT molecular complexity index is 1120. The molecule has 0 radical (unpaired) electrons. The Balaban J connectivity index is 1.57. The molecule has 5 rings (SSSR count). The van der Waals surface area contributed by atoms with Crippen LogP contribution in [-0.4, -0.2) is 20.7 Å². The lowest BCUT2D eigenvalue weighted by Gasteiger charge is -2.09. The Kier molecular flexibility index (Phi) is 3.79. The molecular weight excluding hydrogens is 356 g/mol. The number of fused-ring (bicyclic) bond motifs is 2. The number of carbonyl (C=O) groups excluding carboxylic acids is 1. The maximum Gasteiger partial charge on any atom is 0.256 e. The molecule has 0 atom stereocenters. The van der Waals surface area contributed by atoms with Gasteiger partial charge in [-0.15, -0.1) is 0 Å². The second-order valence-corrected chi connectivity index (χ2v) is 7.83. The van der Waals surface area contributed by atoms with Gasteiger partial charge in [0.05, 0.1) is 15.9 Å². The zero-order valence-corrected chi connectivity index (χ0v) is 15.7. The molecule has 2 aromatic heterocycles. The number of benzene rings is 2. The normalized spacial score (nSPS) is 13.1. The second kappa shape index (κ2) is 6.32. The number of hydrogen-bond donors (Lipinski definition) is 1. The lowest BCUT2D eigenvalue weighted by Crippen LogP contribution is -2.16. The van der Waals surface area contributed by atoms with Crippen molar-refractivity contribution in [1.82, 2.24) is 14.8 Å². The first kappa shape index (κ1) is 16.2. The van der Waals surface area contributed by atoms with Crippen LogP contribution in [0.2, 0.25) is 0 Å². The van der Waals surface area contributed by atoms with Gasteiger partial charge in [0.2, 0.25) is 5.13 Å². The predicted molar refractivity (Wildman–Crippen MR) is 108 cm³/mol. The van der Waals surface area contributed by atoms with Crippen molar-refractivity contribution in [3.05, 3.63) is 70.9 Å². The summed E-state index contributed by atoms with van der Waals surface area (Å²) in [7, 11) is 0. The van der Waals surface area contributed by atoms with E-state index in [4.69, 9.17) is 10.1 Å². The second-order valence-electron chi connectivity index (χ2n) is 6.82. The average molecular weight is 374 g/mol. The van der Waals surface area contributed by atoms with Crippen molar-refractivity contribution in [1.29, 1.82) is 0 Å². The first-order valence-electron chi connectivity index (χ1n) is 9.04. The fraction of sp³-hybridized carbons (Fsp3) is 0.190. The molecule has 0 saturated carbocycles. The molecule has 0 aliphatic heterocycles. The van der Waals surface area contributed by atoms with Crippen LogP contribution in [0.15, 0.2) is 48.5 Å². The standard InChI is InChI=1S/C21H18N4OS/c1-13-9-11-14(12-10-13)20(26)23-19-15-5-4-7-16(15)24-25(19)21-22-17-6-2-3-8-18(17)27-21/h2-3,6,8-12H,4-5,7H2,1H3,(H,23,26). The molecule has 0 unspecified atom stereocenters. The van der Waals surface area contributed by atoms with Gasteiger partial charge in [-0.2, -0.15) is 9.78 Å². The summed E-state index contributed by atoms with van der Waals surface area (Å²) >= 11 is 1.58. The van der Waals surface area contributed by atoms with Crippen molar-refractivity contribution in [2.45, 2.75) is 26.2 Å². The third kappa shape index (κ3) is 2.82. The van der Waals surface area contributed by atoms with Crippen LogP contribution >= 0.6 is 11.3 Å². The van der Waals surface area contributed by atoms with E-state index in [1.54, 1.807) is 16.0 Å². The Hall–Kier alpha value is -2.99. The molecule has 5 nitrogen and oxygen atoms in total. The maximum absolute atomic E-state index is 12.8. The highest BCUT2D eigenvalue weighted by molar-refractivity contribution is 7.20. The van der Waals surface area contributed by atoms with E-state index < -0.39 is 0 Å². The summed E-state index contributed by atoms with van der Waals surface area (Å²) in [5, 5.41) is 8.65. The number of nitrogens with one attached hydrogen (secondary N) is 1. The minimum atomic E-state index is -0.119. The number of para-hydroxylation sites is 1. The van der Waals surface area contributed by atoms with Gasteiger partial charge in [0.1, 0.15) is 5.82 Å². The van der Waals surface area contributed by atoms with Crippen molar-refractivity contribution in [3.63, 3.8) is 0 Å². The van der Waals surface area contributed by atoms with Gasteiger partial charge in [-0.3, -0.25) is 4.79 Å². The molecule has 0 bridgehead atoms. The van der Waals surface area contributed by atoms with Crippen molar-refractivity contribution >= 4 is 33.3 Å². The van der Waals surface area contributed by atoms with Crippen molar-refractivity contribution in [2.75, 3.05) is 5.32 Å². The van der Waals surface area contributed by atoms with Crippen LogP contribution in [0, 0.1) is 6.92 Å². The highest BCUT2D eigenvalue weighted by atomic mass is 32.1. The lowest BCUT2D eigenvalue weighted by atomic mass is 10.1. The van der Waals surface area contributed by atoms with Gasteiger partial charge in [-0.25, -0.2) is 4.98 Å². The SMILES string of the molecule is Cc1ccc(C(=O)Nc2c3c(nn2-c2nc4ccccc4s2)CCC3)cc1. The van der Waals surface area contributed by atoms with E-state index in [-0.39, 0.29) is 5.91 Å². The minimum Gasteiger partial charge on any atom is -0.306 e. The highest BCUT2D eigenvalue weighted by Gasteiger charge is 2.25. The Morgan fingerprint density at radius 3 is 2.74 bits per heavy atom. The molecule has 6 heteroatoms. The molecule has 0 spiro atoms. The summed E-state index contributed by atoms with van der Waals surface area (Å²) < 4.78 is 2.92. The summed E-state index contributed by atoms with van der Waals surface area (Å²) in [6.45, 7) is 2.01. The number of nitrogens with zero attached hydrogens (tertiary/aromatic N) is 3. The summed E-state index contributed by atoms with van der Waals surface area (Å²) in [6, 6.07) is 15.6. The lowest BCUT2D eigenvalue weighted by molar-refractivity contribution is 0.102. The Morgan fingerprint density at radius 1 is 1.11 bits per heavy atom. The van der Waals surface area contributed by atoms with Crippen molar-refractivity contribution < 1.29 is 4.79 Å². The highest BCUT2D eigenvalue weighted by Crippen LogP contribution is 2.33. The zero-order valence-electron chi connectivity index (χ0n) is 14.9. The smallest absolute Gasteiger partial charge is 0.256 e. The van der Waals surface area contributed by atoms with Gasteiger partial charge in [-0.1, -0.05) is 41.2 Å². The number of carbonyl (C=O) groups is 1. The first-order valence-corrected chi connectivity index (χ1v) is 9.85. The van der Waals surface area contributed by atoms with Crippen molar-refractivity contribution in [2.24, 2.45) is 0 Å². The molecule has 2 heterocycles. The van der Waals surface area contributed by atoms with Gasteiger partial charge >= 0.3 is 0 Å². The maximum atomic E-state index is 12.8. The van der Waals surface area contributed by atoms with Crippen LogP contribution in [0.25, 0.3) is 15.3 Å². The quantitative estimate of drug-likeness (QED) is 0.573. The van der Waals surface area contributed by atoms with E-state index in [0.29, 0.717) is 5.56 Å². The van der Waals surface area contributed by atoms with Crippen LogP contribution in [0.4, 0.5) is 5.82 Å². The molecule has 0 fully saturated rings. The van der Waals surface area contributed by atoms with E-state index in [2.05, 4.69) is 11.4 Å². The Labute approximate surface area is 160 Å². The fourth-order valence-corrected chi connectivity index (χ4v) is 4.42. The molecule has 0 saturated heterocycles. The van der Waals surface area contributed by atoms with E-state index in [0.717, 1.165) is 57.2 Å².